The molecule has 12 heavy (non-hydrogen) atoms. The van der Waals surface area contributed by atoms with Crippen molar-refractivity contribution in [2.24, 2.45) is 0 Å². The summed E-state index contributed by atoms with van der Waals surface area (Å²) in [5, 5.41) is 4.08. The van der Waals surface area contributed by atoms with Crippen LogP contribution in [0.5, 0.6) is 0 Å². The molecular formula is C8H12Br4. The van der Waals surface area contributed by atoms with Gasteiger partial charge in [0.1, 0.15) is 0 Å². The highest BCUT2D eigenvalue weighted by Gasteiger charge is 2.03. The fourth-order valence-corrected chi connectivity index (χ4v) is 3.22. The molecule has 0 nitrogen and oxygen atoms in total. The molecule has 0 aliphatic carbocycles. The smallest absolute Gasteiger partial charge is 0.0245 e. The molecule has 0 radical (unpaired) electrons. The molecule has 0 rings (SSSR count). The van der Waals surface area contributed by atoms with Crippen LogP contribution >= 0.6 is 63.7 Å². The van der Waals surface area contributed by atoms with E-state index in [0.29, 0.717) is 0 Å². The number of allylic oxidation sites excluding steroid dienone is 2. The Morgan fingerprint density at radius 1 is 0.667 bits per heavy atom. The highest BCUT2D eigenvalue weighted by molar-refractivity contribution is 9.09. The zero-order chi connectivity index (χ0) is 9.40. The molecule has 0 atom stereocenters. The van der Waals surface area contributed by atoms with Crippen molar-refractivity contribution in [1.82, 2.24) is 0 Å². The van der Waals surface area contributed by atoms with Crippen LogP contribution in [0.1, 0.15) is 12.8 Å². The van der Waals surface area contributed by atoms with E-state index < -0.39 is 0 Å². The maximum atomic E-state index is 3.51. The van der Waals surface area contributed by atoms with Gasteiger partial charge in [-0.15, -0.1) is 0 Å². The Morgan fingerprint density at radius 2 is 1.00 bits per heavy atom. The molecule has 0 aromatic carbocycles. The Kier molecular flexibility index (Phi) is 10.5. The SMILES string of the molecule is BrCCC(CBr)=C(CBr)CCBr. The summed E-state index contributed by atoms with van der Waals surface area (Å²) in [4.78, 5) is 0. The fraction of sp³-hybridized carbons (Fsp3) is 0.750. The normalized spacial score (nSPS) is 13.0. The van der Waals surface area contributed by atoms with Crippen molar-refractivity contribution in [3.05, 3.63) is 11.1 Å². The molecule has 0 aromatic rings. The zero-order valence-corrected chi connectivity index (χ0v) is 13.1. The van der Waals surface area contributed by atoms with Crippen LogP contribution in [0, 0.1) is 0 Å². The summed E-state index contributed by atoms with van der Waals surface area (Å²) in [6.45, 7) is 0. The summed E-state index contributed by atoms with van der Waals surface area (Å²) < 4.78 is 0. The first kappa shape index (κ1) is 13.7. The lowest BCUT2D eigenvalue weighted by atomic mass is 10.1. The molecule has 0 fully saturated rings. The third-order valence-electron chi connectivity index (χ3n) is 1.62. The minimum atomic E-state index is 0.993. The van der Waals surface area contributed by atoms with Crippen LogP contribution in [0.25, 0.3) is 0 Å². The van der Waals surface area contributed by atoms with E-state index in [4.69, 9.17) is 0 Å². The quantitative estimate of drug-likeness (QED) is 0.428. The second-order valence-electron chi connectivity index (χ2n) is 2.35. The molecule has 0 N–H and O–H groups in total. The summed E-state index contributed by atoms with van der Waals surface area (Å²) in [5.74, 6) is 0. The van der Waals surface area contributed by atoms with Gasteiger partial charge in [-0.05, 0) is 12.8 Å². The lowest BCUT2D eigenvalue weighted by Crippen LogP contribution is -1.97. The van der Waals surface area contributed by atoms with Crippen molar-refractivity contribution >= 4 is 63.7 Å². The molecule has 0 bridgehead atoms. The van der Waals surface area contributed by atoms with E-state index in [1.54, 1.807) is 0 Å². The molecular weight excluding hydrogens is 416 g/mol. The third kappa shape index (κ3) is 5.40. The average Bonchev–Trinajstić information content (AvgIpc) is 2.11. The number of halogens is 4. The van der Waals surface area contributed by atoms with Gasteiger partial charge in [-0.3, -0.25) is 0 Å². The van der Waals surface area contributed by atoms with E-state index in [1.807, 2.05) is 0 Å². The maximum absolute atomic E-state index is 3.51. The highest BCUT2D eigenvalue weighted by Crippen LogP contribution is 2.19. The first-order valence-electron chi connectivity index (χ1n) is 3.73. The largest absolute Gasteiger partial charge is 0.0925 e. The maximum Gasteiger partial charge on any atom is 0.0245 e. The van der Waals surface area contributed by atoms with Gasteiger partial charge in [0.25, 0.3) is 0 Å². The van der Waals surface area contributed by atoms with Crippen molar-refractivity contribution in [3.63, 3.8) is 0 Å². The van der Waals surface area contributed by atoms with Crippen LogP contribution in [0.15, 0.2) is 11.1 Å². The Hall–Kier alpha value is 1.66. The van der Waals surface area contributed by atoms with Gasteiger partial charge in [0.15, 0.2) is 0 Å². The van der Waals surface area contributed by atoms with Crippen LogP contribution in [0.4, 0.5) is 0 Å². The number of hydrogen-bond acceptors (Lipinski definition) is 0. The van der Waals surface area contributed by atoms with Crippen LogP contribution in [-0.4, -0.2) is 21.3 Å². The highest BCUT2D eigenvalue weighted by atomic mass is 79.9. The van der Waals surface area contributed by atoms with Crippen molar-refractivity contribution in [3.8, 4) is 0 Å². The second-order valence-corrected chi connectivity index (χ2v) is 5.06. The minimum absolute atomic E-state index is 0.993. The Balaban J connectivity index is 4.26. The van der Waals surface area contributed by atoms with Crippen LogP contribution in [-0.2, 0) is 0 Å². The van der Waals surface area contributed by atoms with Crippen LogP contribution in [0.2, 0.25) is 0 Å². The van der Waals surface area contributed by atoms with E-state index in [2.05, 4.69) is 63.7 Å². The summed E-state index contributed by atoms with van der Waals surface area (Å²) in [6, 6.07) is 0. The Morgan fingerprint density at radius 3 is 1.17 bits per heavy atom. The molecule has 0 spiro atoms. The lowest BCUT2D eigenvalue weighted by Gasteiger charge is -2.08. The van der Waals surface area contributed by atoms with E-state index in [9.17, 15) is 0 Å². The van der Waals surface area contributed by atoms with Gasteiger partial charge in [0.2, 0.25) is 0 Å². The molecule has 0 saturated carbocycles. The summed E-state index contributed by atoms with van der Waals surface area (Å²) in [5.41, 5.74) is 3.03. The number of alkyl halides is 4. The number of rotatable bonds is 6. The monoisotopic (exact) mass is 424 g/mol. The molecule has 4 heteroatoms. The van der Waals surface area contributed by atoms with Gasteiger partial charge >= 0.3 is 0 Å². The predicted molar refractivity (Wildman–Crippen MR) is 71.4 cm³/mol. The minimum Gasteiger partial charge on any atom is -0.0925 e. The van der Waals surface area contributed by atoms with Crippen molar-refractivity contribution < 1.29 is 0 Å². The predicted octanol–water partition coefficient (Wildman–Crippen LogP) is 4.64. The first-order valence-corrected chi connectivity index (χ1v) is 8.22. The molecule has 0 unspecified atom stereocenters. The molecule has 0 aliphatic rings. The van der Waals surface area contributed by atoms with E-state index >= 15 is 0 Å². The Labute approximate surface area is 108 Å². The van der Waals surface area contributed by atoms with Gasteiger partial charge in [0, 0.05) is 21.3 Å². The van der Waals surface area contributed by atoms with E-state index in [-0.39, 0.29) is 0 Å². The van der Waals surface area contributed by atoms with Gasteiger partial charge in [-0.25, -0.2) is 0 Å². The Bertz CT molecular complexity index is 126. The van der Waals surface area contributed by atoms with Crippen LogP contribution < -0.4 is 0 Å². The van der Waals surface area contributed by atoms with Crippen molar-refractivity contribution in [2.75, 3.05) is 21.3 Å². The average molecular weight is 428 g/mol. The zero-order valence-electron chi connectivity index (χ0n) is 6.75. The summed E-state index contributed by atoms with van der Waals surface area (Å²) >= 11 is 13.9. The van der Waals surface area contributed by atoms with Gasteiger partial charge in [-0.2, -0.15) is 0 Å². The molecule has 0 aromatic heterocycles. The van der Waals surface area contributed by atoms with Crippen LogP contribution in [0.3, 0.4) is 0 Å². The summed E-state index contributed by atoms with van der Waals surface area (Å²) in [7, 11) is 0. The van der Waals surface area contributed by atoms with E-state index in [0.717, 1.165) is 34.2 Å². The fourth-order valence-electron chi connectivity index (χ4n) is 0.904. The topological polar surface area (TPSA) is 0 Å². The van der Waals surface area contributed by atoms with Crippen molar-refractivity contribution in [1.29, 1.82) is 0 Å². The summed E-state index contributed by atoms with van der Waals surface area (Å²) in [6.07, 6.45) is 2.28. The molecule has 0 amide bonds. The molecule has 0 aliphatic heterocycles. The number of hydrogen-bond donors (Lipinski definition) is 0. The van der Waals surface area contributed by atoms with Gasteiger partial charge < -0.3 is 0 Å². The first-order chi connectivity index (χ1) is 5.79. The molecule has 0 heterocycles. The van der Waals surface area contributed by atoms with E-state index in [1.165, 1.54) is 11.1 Å². The molecule has 0 saturated heterocycles. The van der Waals surface area contributed by atoms with Gasteiger partial charge in [0.05, 0.1) is 0 Å². The van der Waals surface area contributed by atoms with Gasteiger partial charge in [-0.1, -0.05) is 74.9 Å². The lowest BCUT2D eigenvalue weighted by molar-refractivity contribution is 1.02. The third-order valence-corrected chi connectivity index (χ3v) is 3.76. The molecule has 72 valence electrons. The standard InChI is InChI=1S/C8H12Br4/c9-3-1-7(5-11)8(6-12)2-4-10/h1-6H2. The second kappa shape index (κ2) is 9.22. The van der Waals surface area contributed by atoms with Crippen molar-refractivity contribution in [2.45, 2.75) is 12.8 Å².